The molecule has 2 rings (SSSR count). The van der Waals surface area contributed by atoms with Crippen molar-refractivity contribution in [1.29, 1.82) is 0 Å². The van der Waals surface area contributed by atoms with Gasteiger partial charge in [0.25, 0.3) is 0 Å². The molecule has 0 bridgehead atoms. The normalized spacial score (nSPS) is 19.0. The topological polar surface area (TPSA) is 65.9 Å². The average molecular weight is 405 g/mol. The molecule has 1 aromatic carbocycles. The molecule has 1 heterocycles. The molecule has 27 heavy (non-hydrogen) atoms. The minimum atomic E-state index is -4.38. The van der Waals surface area contributed by atoms with Crippen LogP contribution in [0.1, 0.15) is 25.3 Å². The highest BCUT2D eigenvalue weighted by Crippen LogP contribution is 2.30. The molecular weight excluding hydrogens is 379 g/mol. The Morgan fingerprint density at radius 3 is 2.67 bits per heavy atom. The van der Waals surface area contributed by atoms with Gasteiger partial charge in [-0.3, -0.25) is 4.99 Å². The van der Waals surface area contributed by atoms with Crippen LogP contribution < -0.4 is 15.4 Å². The summed E-state index contributed by atoms with van der Waals surface area (Å²) in [5.74, 6) is 2.10. The van der Waals surface area contributed by atoms with Crippen LogP contribution in [0.4, 0.5) is 13.2 Å². The molecular formula is C18H26F3N3O2S. The molecule has 0 spiro atoms. The third-order valence-corrected chi connectivity index (χ3v) is 5.35. The van der Waals surface area contributed by atoms with E-state index < -0.39 is 17.8 Å². The molecule has 0 aromatic heterocycles. The number of thioether (sulfide) groups is 1. The van der Waals surface area contributed by atoms with Gasteiger partial charge in [0.2, 0.25) is 0 Å². The molecule has 5 nitrogen and oxygen atoms in total. The molecule has 2 atom stereocenters. The quantitative estimate of drug-likeness (QED) is 0.459. The summed E-state index contributed by atoms with van der Waals surface area (Å²) in [6, 6.07) is 4.38. The van der Waals surface area contributed by atoms with Crippen LogP contribution in [-0.2, 0) is 6.18 Å². The first kappa shape index (κ1) is 21.7. The van der Waals surface area contributed by atoms with Crippen LogP contribution in [0, 0.1) is 0 Å². The highest BCUT2D eigenvalue weighted by Gasteiger charge is 2.30. The molecule has 1 aliphatic heterocycles. The molecule has 1 aliphatic rings. The van der Waals surface area contributed by atoms with Crippen LogP contribution in [0.5, 0.6) is 5.75 Å². The van der Waals surface area contributed by atoms with Gasteiger partial charge in [0.05, 0.1) is 12.1 Å². The van der Waals surface area contributed by atoms with Gasteiger partial charge < -0.3 is 20.5 Å². The van der Waals surface area contributed by atoms with Crippen molar-refractivity contribution in [3.8, 4) is 5.75 Å². The van der Waals surface area contributed by atoms with Crippen molar-refractivity contribution < 1.29 is 23.0 Å². The molecule has 152 valence electrons. The molecule has 1 aromatic rings. The number of halogens is 3. The monoisotopic (exact) mass is 405 g/mol. The van der Waals surface area contributed by atoms with Crippen molar-refractivity contribution in [3.63, 3.8) is 0 Å². The number of aliphatic hydroxyl groups is 1. The summed E-state index contributed by atoms with van der Waals surface area (Å²) in [7, 11) is 0. The predicted octanol–water partition coefficient (Wildman–Crippen LogP) is 2.90. The Morgan fingerprint density at radius 1 is 1.33 bits per heavy atom. The van der Waals surface area contributed by atoms with Crippen LogP contribution in [0.25, 0.3) is 0 Å². The number of nitrogens with one attached hydrogen (secondary N) is 2. The molecule has 1 saturated heterocycles. The second-order valence-electron chi connectivity index (χ2n) is 6.22. The van der Waals surface area contributed by atoms with Gasteiger partial charge in [0, 0.05) is 18.3 Å². The van der Waals surface area contributed by atoms with E-state index in [1.165, 1.54) is 30.7 Å². The summed E-state index contributed by atoms with van der Waals surface area (Å²) in [5.41, 5.74) is -0.734. The van der Waals surface area contributed by atoms with Crippen molar-refractivity contribution >= 4 is 17.7 Å². The molecule has 0 saturated carbocycles. The number of benzene rings is 1. The number of ether oxygens (including phenoxy) is 1. The zero-order chi connectivity index (χ0) is 19.7. The molecule has 2 unspecified atom stereocenters. The SMILES string of the molecule is CCNC(=NCC(O)COc1ccc(C(F)(F)F)cc1)NCC1CCCS1. The fraction of sp³-hybridized carbons (Fsp3) is 0.611. The van der Waals surface area contributed by atoms with E-state index in [2.05, 4.69) is 15.6 Å². The zero-order valence-corrected chi connectivity index (χ0v) is 16.1. The van der Waals surface area contributed by atoms with Gasteiger partial charge in [-0.05, 0) is 49.8 Å². The summed E-state index contributed by atoms with van der Waals surface area (Å²) in [4.78, 5) is 4.34. The maximum absolute atomic E-state index is 12.5. The fourth-order valence-corrected chi connectivity index (χ4v) is 3.74. The second-order valence-corrected chi connectivity index (χ2v) is 7.63. The maximum atomic E-state index is 12.5. The van der Waals surface area contributed by atoms with Gasteiger partial charge >= 0.3 is 6.18 Å². The lowest BCUT2D eigenvalue weighted by Gasteiger charge is -2.16. The number of rotatable bonds is 8. The summed E-state index contributed by atoms with van der Waals surface area (Å²) in [6.07, 6.45) is -2.80. The summed E-state index contributed by atoms with van der Waals surface area (Å²) >= 11 is 1.95. The van der Waals surface area contributed by atoms with E-state index in [0.717, 1.165) is 18.7 Å². The average Bonchev–Trinajstić information content (AvgIpc) is 3.15. The van der Waals surface area contributed by atoms with E-state index in [9.17, 15) is 18.3 Å². The lowest BCUT2D eigenvalue weighted by molar-refractivity contribution is -0.137. The minimum absolute atomic E-state index is 0.0489. The van der Waals surface area contributed by atoms with Gasteiger partial charge in [-0.1, -0.05) is 0 Å². The van der Waals surface area contributed by atoms with Crippen molar-refractivity contribution in [2.45, 2.75) is 37.3 Å². The number of aliphatic imine (C=N–C) groups is 1. The Labute approximate surface area is 161 Å². The third-order valence-electron chi connectivity index (χ3n) is 3.95. The molecule has 0 amide bonds. The molecule has 0 aliphatic carbocycles. The number of nitrogens with zero attached hydrogens (tertiary/aromatic N) is 1. The van der Waals surface area contributed by atoms with Gasteiger partial charge in [-0.2, -0.15) is 24.9 Å². The van der Waals surface area contributed by atoms with Crippen LogP contribution >= 0.6 is 11.8 Å². The smallest absolute Gasteiger partial charge is 0.416 e. The summed E-state index contributed by atoms with van der Waals surface area (Å²) in [5, 5.41) is 17.0. The number of hydrogen-bond donors (Lipinski definition) is 3. The number of guanidine groups is 1. The first-order chi connectivity index (χ1) is 12.9. The second kappa shape index (κ2) is 10.7. The Bertz CT molecular complexity index is 591. The van der Waals surface area contributed by atoms with Crippen LogP contribution in [0.3, 0.4) is 0 Å². The van der Waals surface area contributed by atoms with Crippen LogP contribution in [-0.4, -0.2) is 54.4 Å². The molecule has 1 fully saturated rings. The summed E-state index contributed by atoms with van der Waals surface area (Å²) < 4.78 is 42.9. The highest BCUT2D eigenvalue weighted by atomic mass is 32.2. The van der Waals surface area contributed by atoms with Gasteiger partial charge in [-0.15, -0.1) is 0 Å². The Hall–Kier alpha value is -1.61. The van der Waals surface area contributed by atoms with Crippen molar-refractivity contribution in [1.82, 2.24) is 10.6 Å². The Kier molecular flexibility index (Phi) is 8.56. The van der Waals surface area contributed by atoms with Gasteiger partial charge in [0.1, 0.15) is 18.5 Å². The number of alkyl halides is 3. The molecule has 0 radical (unpaired) electrons. The van der Waals surface area contributed by atoms with E-state index >= 15 is 0 Å². The first-order valence-corrected chi connectivity index (χ1v) is 10.0. The fourth-order valence-electron chi connectivity index (χ4n) is 2.54. The van der Waals surface area contributed by atoms with Crippen molar-refractivity contribution in [2.75, 3.05) is 32.0 Å². The Morgan fingerprint density at radius 2 is 2.07 bits per heavy atom. The lowest BCUT2D eigenvalue weighted by atomic mass is 10.2. The molecule has 9 heteroatoms. The third kappa shape index (κ3) is 7.88. The lowest BCUT2D eigenvalue weighted by Crippen LogP contribution is -2.40. The van der Waals surface area contributed by atoms with Gasteiger partial charge in [0.15, 0.2) is 5.96 Å². The van der Waals surface area contributed by atoms with Crippen molar-refractivity contribution in [3.05, 3.63) is 29.8 Å². The van der Waals surface area contributed by atoms with Crippen LogP contribution in [0.15, 0.2) is 29.3 Å². The number of aliphatic hydroxyl groups excluding tert-OH is 1. The van der Waals surface area contributed by atoms with E-state index in [4.69, 9.17) is 4.74 Å². The standard InChI is InChI=1S/C18H26F3N3O2S/c1-2-22-17(24-11-16-4-3-9-27-16)23-10-14(25)12-26-15-7-5-13(6-8-15)18(19,20)21/h5-8,14,16,25H,2-4,9-12H2,1H3,(H2,22,23,24). The van der Waals surface area contributed by atoms with Crippen molar-refractivity contribution in [2.24, 2.45) is 4.99 Å². The predicted molar refractivity (Wildman–Crippen MR) is 102 cm³/mol. The van der Waals surface area contributed by atoms with E-state index in [1.807, 2.05) is 18.7 Å². The Balaban J connectivity index is 1.76. The highest BCUT2D eigenvalue weighted by molar-refractivity contribution is 8.00. The van der Waals surface area contributed by atoms with Crippen LogP contribution in [0.2, 0.25) is 0 Å². The summed E-state index contributed by atoms with van der Waals surface area (Å²) in [6.45, 7) is 3.59. The van der Waals surface area contributed by atoms with E-state index in [0.29, 0.717) is 17.8 Å². The van der Waals surface area contributed by atoms with Gasteiger partial charge in [-0.25, -0.2) is 0 Å². The maximum Gasteiger partial charge on any atom is 0.416 e. The largest absolute Gasteiger partial charge is 0.491 e. The minimum Gasteiger partial charge on any atom is -0.491 e. The number of hydrogen-bond acceptors (Lipinski definition) is 4. The van der Waals surface area contributed by atoms with E-state index in [-0.39, 0.29) is 18.9 Å². The molecule has 3 N–H and O–H groups in total. The first-order valence-electron chi connectivity index (χ1n) is 9.00. The zero-order valence-electron chi connectivity index (χ0n) is 15.3. The van der Waals surface area contributed by atoms with E-state index in [1.54, 1.807) is 0 Å².